The van der Waals surface area contributed by atoms with Crippen LogP contribution >= 0.6 is 0 Å². The summed E-state index contributed by atoms with van der Waals surface area (Å²) in [6, 6.07) is 58.7. The van der Waals surface area contributed by atoms with E-state index in [1.165, 1.54) is 22.3 Å². The van der Waals surface area contributed by atoms with Crippen molar-refractivity contribution in [1.82, 2.24) is 0 Å². The fraction of sp³-hybridized carbons (Fsp3) is 0.0612. The molecule has 0 unspecified atom stereocenters. The number of hydrogen-bond acceptors (Lipinski definition) is 3. The Morgan fingerprint density at radius 3 is 2.00 bits per heavy atom. The lowest BCUT2D eigenvalue weighted by atomic mass is 9.82. The number of rotatable bonds is 4. The Labute approximate surface area is 301 Å². The van der Waals surface area contributed by atoms with Crippen LogP contribution < -0.4 is 4.90 Å². The van der Waals surface area contributed by atoms with Crippen LogP contribution in [0.4, 0.5) is 17.1 Å². The van der Waals surface area contributed by atoms with Crippen molar-refractivity contribution in [3.8, 4) is 22.3 Å². The van der Waals surface area contributed by atoms with Gasteiger partial charge >= 0.3 is 0 Å². The van der Waals surface area contributed by atoms with Gasteiger partial charge < -0.3 is 13.7 Å². The molecule has 0 spiro atoms. The molecule has 2 aromatic heterocycles. The number of para-hydroxylation sites is 2. The van der Waals surface area contributed by atoms with Crippen LogP contribution in [0.5, 0.6) is 0 Å². The minimum atomic E-state index is -0.118. The van der Waals surface area contributed by atoms with Crippen molar-refractivity contribution in [2.45, 2.75) is 19.3 Å². The van der Waals surface area contributed by atoms with E-state index in [-0.39, 0.29) is 5.41 Å². The Morgan fingerprint density at radius 2 is 1.12 bits per heavy atom. The van der Waals surface area contributed by atoms with Crippen LogP contribution in [0.25, 0.3) is 76.9 Å². The number of hydrogen-bond donors (Lipinski definition) is 0. The zero-order valence-electron chi connectivity index (χ0n) is 28.9. The monoisotopic (exact) mass is 667 g/mol. The second-order valence-corrected chi connectivity index (χ2v) is 14.5. The second kappa shape index (κ2) is 10.7. The van der Waals surface area contributed by atoms with Gasteiger partial charge in [0.15, 0.2) is 0 Å². The van der Waals surface area contributed by atoms with Gasteiger partial charge in [-0.3, -0.25) is 0 Å². The van der Waals surface area contributed by atoms with Gasteiger partial charge in [-0.25, -0.2) is 0 Å². The summed E-state index contributed by atoms with van der Waals surface area (Å²) in [4.78, 5) is 2.42. The van der Waals surface area contributed by atoms with E-state index in [0.717, 1.165) is 82.8 Å². The van der Waals surface area contributed by atoms with Crippen molar-refractivity contribution in [3.63, 3.8) is 0 Å². The fourth-order valence-electron chi connectivity index (χ4n) is 8.78. The smallest absolute Gasteiger partial charge is 0.143 e. The van der Waals surface area contributed by atoms with Crippen molar-refractivity contribution < 1.29 is 8.83 Å². The Balaban J connectivity index is 1.18. The number of nitrogens with zero attached hydrogens (tertiary/aromatic N) is 1. The molecule has 2 heterocycles. The van der Waals surface area contributed by atoms with Gasteiger partial charge in [0.25, 0.3) is 0 Å². The summed E-state index contributed by atoms with van der Waals surface area (Å²) >= 11 is 0. The third-order valence-corrected chi connectivity index (χ3v) is 11.3. The standard InChI is InChI=1S/C49H33NO2/c1-49(2)41-20-10-8-15-34(41)35-26-24-32(28-42(35)49)50(31-13-4-3-5-14-31)43-29-40-47-33(19-12-22-45(47)52-48(40)39-18-7-6-16-36(39)43)30-23-25-38-37-17-9-11-21-44(37)51-46(38)27-30/h3-29H,1-2H3. The lowest BCUT2D eigenvalue weighted by Gasteiger charge is -2.29. The summed E-state index contributed by atoms with van der Waals surface area (Å²) in [6.07, 6.45) is 0. The van der Waals surface area contributed by atoms with Gasteiger partial charge in [0.1, 0.15) is 22.3 Å². The molecule has 0 amide bonds. The summed E-state index contributed by atoms with van der Waals surface area (Å²) in [5, 5.41) is 6.64. The van der Waals surface area contributed by atoms with E-state index in [2.05, 4.69) is 170 Å². The first-order valence-electron chi connectivity index (χ1n) is 17.9. The summed E-state index contributed by atoms with van der Waals surface area (Å²) in [5.41, 5.74) is 14.3. The average Bonchev–Trinajstić information content (AvgIpc) is 3.83. The lowest BCUT2D eigenvalue weighted by molar-refractivity contribution is 0.660. The molecule has 0 saturated carbocycles. The highest BCUT2D eigenvalue weighted by atomic mass is 16.3. The van der Waals surface area contributed by atoms with Crippen LogP contribution in [0.1, 0.15) is 25.0 Å². The molecular formula is C49H33NO2. The SMILES string of the molecule is CC1(C)c2ccccc2-c2ccc(N(c3ccccc3)c3cc4c(oc5cccc(-c6ccc7c(c6)oc6ccccc67)c54)c4ccccc34)cc21. The minimum absolute atomic E-state index is 0.118. The van der Waals surface area contributed by atoms with Crippen LogP contribution in [0.2, 0.25) is 0 Å². The van der Waals surface area contributed by atoms with Crippen LogP contribution in [0, 0.1) is 0 Å². The van der Waals surface area contributed by atoms with Crippen LogP contribution in [0.3, 0.4) is 0 Å². The molecule has 0 atom stereocenters. The molecule has 10 aromatic rings. The van der Waals surface area contributed by atoms with Crippen LogP contribution in [0.15, 0.2) is 173 Å². The number of fused-ring (bicyclic) bond motifs is 11. The van der Waals surface area contributed by atoms with Crippen molar-refractivity contribution in [1.29, 1.82) is 0 Å². The van der Waals surface area contributed by atoms with E-state index in [1.54, 1.807) is 0 Å². The molecule has 1 aliphatic rings. The molecule has 52 heavy (non-hydrogen) atoms. The van der Waals surface area contributed by atoms with Crippen LogP contribution in [-0.4, -0.2) is 0 Å². The normalized spacial score (nSPS) is 13.3. The molecule has 3 nitrogen and oxygen atoms in total. The maximum Gasteiger partial charge on any atom is 0.143 e. The first-order chi connectivity index (χ1) is 25.5. The third-order valence-electron chi connectivity index (χ3n) is 11.3. The first-order valence-corrected chi connectivity index (χ1v) is 17.9. The van der Waals surface area contributed by atoms with Crippen LogP contribution in [-0.2, 0) is 5.41 Å². The molecule has 0 radical (unpaired) electrons. The van der Waals surface area contributed by atoms with Crippen molar-refractivity contribution in [3.05, 3.63) is 175 Å². The number of anilines is 3. The fourth-order valence-corrected chi connectivity index (χ4v) is 8.78. The van der Waals surface area contributed by atoms with Gasteiger partial charge in [-0.2, -0.15) is 0 Å². The number of furan rings is 2. The van der Waals surface area contributed by atoms with Crippen molar-refractivity contribution in [2.75, 3.05) is 4.90 Å². The Hall–Kier alpha value is -6.58. The molecule has 0 N–H and O–H groups in total. The van der Waals surface area contributed by atoms with E-state index in [1.807, 2.05) is 12.1 Å². The van der Waals surface area contributed by atoms with Gasteiger partial charge in [0.05, 0.1) is 5.69 Å². The minimum Gasteiger partial charge on any atom is -0.456 e. The van der Waals surface area contributed by atoms with E-state index in [9.17, 15) is 0 Å². The summed E-state index contributed by atoms with van der Waals surface area (Å²) < 4.78 is 13.1. The Kier molecular flexibility index (Phi) is 6.01. The highest BCUT2D eigenvalue weighted by molar-refractivity contribution is 6.23. The van der Waals surface area contributed by atoms with Gasteiger partial charge in [0.2, 0.25) is 0 Å². The Morgan fingerprint density at radius 1 is 0.423 bits per heavy atom. The van der Waals surface area contributed by atoms with E-state index in [4.69, 9.17) is 8.83 Å². The maximum absolute atomic E-state index is 6.79. The molecule has 246 valence electrons. The molecule has 0 bridgehead atoms. The van der Waals surface area contributed by atoms with Gasteiger partial charge in [-0.1, -0.05) is 123 Å². The quantitative estimate of drug-likeness (QED) is 0.187. The zero-order valence-corrected chi connectivity index (χ0v) is 28.9. The molecular weight excluding hydrogens is 635 g/mol. The Bertz CT molecular complexity index is 3050. The zero-order chi connectivity index (χ0) is 34.6. The molecule has 0 fully saturated rings. The largest absolute Gasteiger partial charge is 0.456 e. The van der Waals surface area contributed by atoms with Crippen molar-refractivity contribution >= 4 is 71.7 Å². The topological polar surface area (TPSA) is 29.5 Å². The van der Waals surface area contributed by atoms with E-state index in [0.29, 0.717) is 0 Å². The summed E-state index contributed by atoms with van der Waals surface area (Å²) in [5.74, 6) is 0. The lowest BCUT2D eigenvalue weighted by Crippen LogP contribution is -2.16. The average molecular weight is 668 g/mol. The molecule has 3 heteroatoms. The number of benzene rings is 8. The predicted molar refractivity (Wildman–Crippen MR) is 216 cm³/mol. The molecule has 8 aromatic carbocycles. The summed E-state index contributed by atoms with van der Waals surface area (Å²) in [7, 11) is 0. The highest BCUT2D eigenvalue weighted by Gasteiger charge is 2.36. The summed E-state index contributed by atoms with van der Waals surface area (Å²) in [6.45, 7) is 4.69. The maximum atomic E-state index is 6.79. The van der Waals surface area contributed by atoms with Crippen molar-refractivity contribution in [2.24, 2.45) is 0 Å². The van der Waals surface area contributed by atoms with E-state index < -0.39 is 0 Å². The van der Waals surface area contributed by atoms with E-state index >= 15 is 0 Å². The highest BCUT2D eigenvalue weighted by Crippen LogP contribution is 2.52. The second-order valence-electron chi connectivity index (χ2n) is 14.5. The van der Waals surface area contributed by atoms with Gasteiger partial charge in [-0.15, -0.1) is 0 Å². The third kappa shape index (κ3) is 4.08. The van der Waals surface area contributed by atoms with Gasteiger partial charge in [-0.05, 0) is 88.0 Å². The molecule has 11 rings (SSSR count). The molecule has 1 aliphatic carbocycles. The molecule has 0 aliphatic heterocycles. The van der Waals surface area contributed by atoms with Gasteiger partial charge in [0, 0.05) is 49.1 Å². The first kappa shape index (κ1) is 29.2. The molecule has 0 saturated heterocycles. The predicted octanol–water partition coefficient (Wildman–Crippen LogP) is 14.1.